The number of anilines is 1. The number of amides is 2. The Hall–Kier alpha value is -3.98. The fourth-order valence-corrected chi connectivity index (χ4v) is 4.35. The number of nitrogens with zero attached hydrogens (tertiary/aromatic N) is 6. The number of benzene rings is 1. The van der Waals surface area contributed by atoms with E-state index in [-0.39, 0.29) is 6.03 Å². The molecular weight excluding hydrogens is 442 g/mol. The van der Waals surface area contributed by atoms with Crippen molar-refractivity contribution in [2.75, 3.05) is 44.6 Å². The molecule has 0 bridgehead atoms. The van der Waals surface area contributed by atoms with Crippen molar-refractivity contribution in [2.45, 2.75) is 13.5 Å². The fraction of sp³-hybridized carbons (Fsp3) is 0.308. The summed E-state index contributed by atoms with van der Waals surface area (Å²) in [6.07, 6.45) is 5.37. The van der Waals surface area contributed by atoms with Crippen LogP contribution in [0.4, 0.5) is 10.5 Å². The molecule has 0 unspecified atom stereocenters. The van der Waals surface area contributed by atoms with Crippen molar-refractivity contribution in [3.8, 4) is 17.1 Å². The molecule has 35 heavy (non-hydrogen) atoms. The molecule has 3 aromatic heterocycles. The lowest BCUT2D eigenvalue weighted by Crippen LogP contribution is -2.50. The molecule has 1 aliphatic heterocycles. The van der Waals surface area contributed by atoms with Gasteiger partial charge in [0.2, 0.25) is 0 Å². The highest BCUT2D eigenvalue weighted by molar-refractivity contribution is 5.91. The molecule has 9 nitrogen and oxygen atoms in total. The number of ether oxygens (including phenoxy) is 1. The van der Waals surface area contributed by atoms with Crippen molar-refractivity contribution in [1.82, 2.24) is 29.3 Å². The fourth-order valence-electron chi connectivity index (χ4n) is 4.35. The molecule has 180 valence electrons. The minimum Gasteiger partial charge on any atom is -0.492 e. The molecular formula is C26H29N7O2. The first-order valence-corrected chi connectivity index (χ1v) is 11.9. The highest BCUT2D eigenvalue weighted by Crippen LogP contribution is 2.25. The maximum absolute atomic E-state index is 12.8. The minimum atomic E-state index is -0.0958. The molecule has 0 atom stereocenters. The van der Waals surface area contributed by atoms with E-state index in [4.69, 9.17) is 9.72 Å². The molecule has 4 aromatic rings. The molecule has 9 heteroatoms. The number of carbonyl (C=O) groups is 1. The van der Waals surface area contributed by atoms with Gasteiger partial charge in [0.05, 0.1) is 12.3 Å². The van der Waals surface area contributed by atoms with Crippen LogP contribution in [0, 0.1) is 0 Å². The van der Waals surface area contributed by atoms with Gasteiger partial charge in [-0.25, -0.2) is 14.8 Å². The third-order valence-corrected chi connectivity index (χ3v) is 6.17. The third kappa shape index (κ3) is 5.09. The summed E-state index contributed by atoms with van der Waals surface area (Å²) in [5, 5.41) is 3.00. The van der Waals surface area contributed by atoms with Crippen molar-refractivity contribution in [1.29, 1.82) is 0 Å². The highest BCUT2D eigenvalue weighted by Gasteiger charge is 2.22. The van der Waals surface area contributed by atoms with Gasteiger partial charge in [-0.15, -0.1) is 0 Å². The molecule has 0 saturated carbocycles. The minimum absolute atomic E-state index is 0.0958. The standard InChI is InChI=1S/C26H29N7O2/c1-2-35-23-8-4-3-6-21(23)30-26(34)32-17-14-31(15-18-32)16-19-33-24(20-9-12-27-13-10-20)29-22-7-5-11-28-25(22)33/h3-13H,2,14-19H2,1H3,(H,30,34). The van der Waals surface area contributed by atoms with Crippen LogP contribution in [0.15, 0.2) is 67.1 Å². The first kappa shape index (κ1) is 22.8. The molecule has 1 N–H and O–H groups in total. The number of piperazine rings is 1. The lowest BCUT2D eigenvalue weighted by Gasteiger charge is -2.34. The van der Waals surface area contributed by atoms with Gasteiger partial charge in [0.1, 0.15) is 17.1 Å². The van der Waals surface area contributed by atoms with Gasteiger partial charge < -0.3 is 19.5 Å². The zero-order chi connectivity index (χ0) is 24.0. The van der Waals surface area contributed by atoms with E-state index in [1.165, 1.54) is 0 Å². The summed E-state index contributed by atoms with van der Waals surface area (Å²) in [5.41, 5.74) is 3.48. The Morgan fingerprint density at radius 3 is 2.57 bits per heavy atom. The molecule has 5 rings (SSSR count). The number of hydrogen-bond acceptors (Lipinski definition) is 6. The summed E-state index contributed by atoms with van der Waals surface area (Å²) in [4.78, 5) is 30.6. The van der Waals surface area contributed by atoms with Crippen LogP contribution in [-0.4, -0.2) is 74.7 Å². The summed E-state index contributed by atoms with van der Waals surface area (Å²) in [6.45, 7) is 7.06. The number of carbonyl (C=O) groups excluding carboxylic acids is 1. The van der Waals surface area contributed by atoms with Crippen molar-refractivity contribution in [3.05, 3.63) is 67.1 Å². The van der Waals surface area contributed by atoms with E-state index in [0.717, 1.165) is 48.7 Å². The van der Waals surface area contributed by atoms with E-state index in [1.54, 1.807) is 18.6 Å². The summed E-state index contributed by atoms with van der Waals surface area (Å²) in [5.74, 6) is 1.58. The summed E-state index contributed by atoms with van der Waals surface area (Å²) >= 11 is 0. The van der Waals surface area contributed by atoms with Gasteiger partial charge in [0.25, 0.3) is 0 Å². The molecule has 1 fully saturated rings. The van der Waals surface area contributed by atoms with E-state index in [2.05, 4.69) is 24.8 Å². The number of fused-ring (bicyclic) bond motifs is 1. The predicted octanol–water partition coefficient (Wildman–Crippen LogP) is 3.74. The van der Waals surface area contributed by atoms with Crippen LogP contribution in [-0.2, 0) is 6.54 Å². The van der Waals surface area contributed by atoms with E-state index in [0.29, 0.717) is 31.1 Å². The van der Waals surface area contributed by atoms with Crippen molar-refractivity contribution in [2.24, 2.45) is 0 Å². The number of hydrogen-bond donors (Lipinski definition) is 1. The van der Waals surface area contributed by atoms with Gasteiger partial charge in [-0.1, -0.05) is 12.1 Å². The second-order valence-corrected chi connectivity index (χ2v) is 8.36. The molecule has 1 saturated heterocycles. The van der Waals surface area contributed by atoms with Crippen LogP contribution in [0.3, 0.4) is 0 Å². The Morgan fingerprint density at radius 1 is 0.971 bits per heavy atom. The van der Waals surface area contributed by atoms with E-state index in [1.807, 2.05) is 60.4 Å². The zero-order valence-electron chi connectivity index (χ0n) is 19.8. The SMILES string of the molecule is CCOc1ccccc1NC(=O)N1CCN(CCn2c(-c3ccncc3)nc3cccnc32)CC1. The zero-order valence-corrected chi connectivity index (χ0v) is 19.8. The lowest BCUT2D eigenvalue weighted by atomic mass is 10.2. The van der Waals surface area contributed by atoms with Gasteiger partial charge in [0.15, 0.2) is 5.65 Å². The molecule has 0 spiro atoms. The molecule has 0 radical (unpaired) electrons. The average molecular weight is 472 g/mol. The Kier molecular flexibility index (Phi) is 6.85. The first-order valence-electron chi connectivity index (χ1n) is 11.9. The van der Waals surface area contributed by atoms with Crippen LogP contribution in [0.2, 0.25) is 0 Å². The molecule has 4 heterocycles. The van der Waals surface area contributed by atoms with E-state index >= 15 is 0 Å². The Morgan fingerprint density at radius 2 is 1.77 bits per heavy atom. The van der Waals surface area contributed by atoms with Crippen LogP contribution < -0.4 is 10.1 Å². The molecule has 2 amide bonds. The molecule has 1 aromatic carbocycles. The van der Waals surface area contributed by atoms with Gasteiger partial charge in [-0.3, -0.25) is 9.88 Å². The quantitative estimate of drug-likeness (QED) is 0.442. The average Bonchev–Trinajstić information content (AvgIpc) is 3.28. The smallest absolute Gasteiger partial charge is 0.322 e. The summed E-state index contributed by atoms with van der Waals surface area (Å²) < 4.78 is 7.80. The number of pyridine rings is 2. The highest BCUT2D eigenvalue weighted by atomic mass is 16.5. The Labute approximate surface area is 204 Å². The number of para-hydroxylation sites is 2. The lowest BCUT2D eigenvalue weighted by molar-refractivity contribution is 0.144. The summed E-state index contributed by atoms with van der Waals surface area (Å²) in [6, 6.07) is 15.3. The van der Waals surface area contributed by atoms with Crippen LogP contribution in [0.1, 0.15) is 6.92 Å². The number of urea groups is 1. The van der Waals surface area contributed by atoms with Gasteiger partial charge in [-0.2, -0.15) is 0 Å². The van der Waals surface area contributed by atoms with Crippen LogP contribution >= 0.6 is 0 Å². The maximum atomic E-state index is 12.8. The largest absolute Gasteiger partial charge is 0.492 e. The topological polar surface area (TPSA) is 88.4 Å². The first-order chi connectivity index (χ1) is 17.2. The Balaban J connectivity index is 1.21. The number of aromatic nitrogens is 4. The Bertz CT molecular complexity index is 1280. The monoisotopic (exact) mass is 471 g/mol. The van der Waals surface area contributed by atoms with E-state index < -0.39 is 0 Å². The van der Waals surface area contributed by atoms with Gasteiger partial charge in [-0.05, 0) is 43.3 Å². The third-order valence-electron chi connectivity index (χ3n) is 6.17. The number of rotatable bonds is 7. The number of nitrogens with one attached hydrogen (secondary N) is 1. The number of imidazole rings is 1. The van der Waals surface area contributed by atoms with E-state index in [9.17, 15) is 4.79 Å². The van der Waals surface area contributed by atoms with Crippen molar-refractivity contribution in [3.63, 3.8) is 0 Å². The predicted molar refractivity (Wildman–Crippen MR) is 135 cm³/mol. The second-order valence-electron chi connectivity index (χ2n) is 8.36. The van der Waals surface area contributed by atoms with Gasteiger partial charge >= 0.3 is 6.03 Å². The van der Waals surface area contributed by atoms with Crippen LogP contribution in [0.5, 0.6) is 5.75 Å². The second kappa shape index (κ2) is 10.5. The summed E-state index contributed by atoms with van der Waals surface area (Å²) in [7, 11) is 0. The normalized spacial score (nSPS) is 14.3. The molecule has 1 aliphatic rings. The van der Waals surface area contributed by atoms with Crippen LogP contribution in [0.25, 0.3) is 22.6 Å². The maximum Gasteiger partial charge on any atom is 0.322 e. The van der Waals surface area contributed by atoms with Gasteiger partial charge in [0, 0.05) is 63.4 Å². The van der Waals surface area contributed by atoms with Crippen molar-refractivity contribution >= 4 is 22.9 Å². The van der Waals surface area contributed by atoms with Crippen molar-refractivity contribution < 1.29 is 9.53 Å². The molecule has 0 aliphatic carbocycles.